The topological polar surface area (TPSA) is 70.3 Å². The number of benzene rings is 1. The normalized spacial score (nSPS) is 11.5. The van der Waals surface area contributed by atoms with Gasteiger partial charge in [-0.15, -0.1) is 0 Å². The van der Waals surface area contributed by atoms with Crippen molar-refractivity contribution in [2.45, 2.75) is 6.18 Å². The maximum absolute atomic E-state index is 14.2. The molecule has 0 fully saturated rings. The van der Waals surface area contributed by atoms with Gasteiger partial charge in [0.25, 0.3) is 5.56 Å². The van der Waals surface area contributed by atoms with Gasteiger partial charge in [-0.05, 0) is 12.1 Å². The van der Waals surface area contributed by atoms with Crippen molar-refractivity contribution < 1.29 is 31.5 Å². The van der Waals surface area contributed by atoms with E-state index in [1.54, 1.807) is 0 Å². The molecule has 0 N–H and O–H groups in total. The molecular formula is C15H10ClF5N2O4. The molecule has 0 aliphatic heterocycles. The Morgan fingerprint density at radius 1 is 1.22 bits per heavy atom. The van der Waals surface area contributed by atoms with Crippen LogP contribution >= 0.6 is 11.6 Å². The number of esters is 1. The van der Waals surface area contributed by atoms with Gasteiger partial charge in [0.2, 0.25) is 0 Å². The molecule has 6 nitrogen and oxygen atoms in total. The molecule has 0 saturated carbocycles. The van der Waals surface area contributed by atoms with Crippen molar-refractivity contribution in [3.63, 3.8) is 0 Å². The van der Waals surface area contributed by atoms with E-state index in [1.165, 1.54) is 0 Å². The standard InChI is InChI=1S/C15H10ClF5N2O4/c1-22-11(15(19,20)21)6-12(24)23(14(22)26)10-4-7(8(16)5-9(10)18)13(25)27-3-2-17/h4-6H,2-3H2,1H3. The molecule has 0 radical (unpaired) electrons. The van der Waals surface area contributed by atoms with Gasteiger partial charge in [-0.25, -0.2) is 22.9 Å². The Balaban J connectivity index is 2.73. The number of hydrogen-bond donors (Lipinski definition) is 0. The van der Waals surface area contributed by atoms with Crippen molar-refractivity contribution in [3.05, 3.63) is 61.1 Å². The Bertz CT molecular complexity index is 1010. The van der Waals surface area contributed by atoms with Crippen molar-refractivity contribution in [3.8, 4) is 5.69 Å². The molecular weight excluding hydrogens is 403 g/mol. The lowest BCUT2D eigenvalue weighted by Crippen LogP contribution is -2.41. The van der Waals surface area contributed by atoms with Crippen LogP contribution in [-0.4, -0.2) is 28.4 Å². The Morgan fingerprint density at radius 2 is 1.85 bits per heavy atom. The van der Waals surface area contributed by atoms with Crippen LogP contribution < -0.4 is 11.2 Å². The quantitative estimate of drug-likeness (QED) is 0.571. The minimum atomic E-state index is -4.99. The molecule has 0 saturated heterocycles. The van der Waals surface area contributed by atoms with E-state index in [0.29, 0.717) is 12.1 Å². The second-order valence-electron chi connectivity index (χ2n) is 5.15. The third-order valence-corrected chi connectivity index (χ3v) is 3.73. The van der Waals surface area contributed by atoms with Crippen LogP contribution in [0.1, 0.15) is 16.1 Å². The van der Waals surface area contributed by atoms with E-state index >= 15 is 0 Å². The lowest BCUT2D eigenvalue weighted by molar-refractivity contribution is -0.144. The predicted octanol–water partition coefficient (Wildman–Crippen LogP) is 2.47. The number of halogens is 6. The molecule has 1 heterocycles. The van der Waals surface area contributed by atoms with Gasteiger partial charge in [0.1, 0.15) is 24.8 Å². The Kier molecular flexibility index (Phi) is 5.73. The summed E-state index contributed by atoms with van der Waals surface area (Å²) in [7, 11) is 0.741. The summed E-state index contributed by atoms with van der Waals surface area (Å²) in [6, 6.07) is 1.34. The summed E-state index contributed by atoms with van der Waals surface area (Å²) in [5.41, 5.74) is -5.83. The van der Waals surface area contributed by atoms with Gasteiger partial charge in [0.15, 0.2) is 0 Å². The van der Waals surface area contributed by atoms with Crippen molar-refractivity contribution in [2.24, 2.45) is 7.05 Å². The van der Waals surface area contributed by atoms with E-state index in [4.69, 9.17) is 11.6 Å². The molecule has 0 aliphatic rings. The molecule has 27 heavy (non-hydrogen) atoms. The van der Waals surface area contributed by atoms with E-state index in [2.05, 4.69) is 4.74 Å². The van der Waals surface area contributed by atoms with E-state index in [-0.39, 0.29) is 15.2 Å². The summed E-state index contributed by atoms with van der Waals surface area (Å²) in [5, 5.41) is -0.461. The highest BCUT2D eigenvalue weighted by molar-refractivity contribution is 6.33. The summed E-state index contributed by atoms with van der Waals surface area (Å²) in [4.78, 5) is 36.1. The SMILES string of the molecule is Cn1c(C(F)(F)F)cc(=O)n(-c2cc(C(=O)OCCF)c(Cl)cc2F)c1=O. The Hall–Kier alpha value is -2.69. The summed E-state index contributed by atoms with van der Waals surface area (Å²) < 4.78 is 69.7. The van der Waals surface area contributed by atoms with E-state index in [0.717, 1.165) is 7.05 Å². The zero-order chi connectivity index (χ0) is 20.5. The molecule has 0 bridgehead atoms. The molecule has 0 atom stereocenters. The number of rotatable bonds is 4. The summed E-state index contributed by atoms with van der Waals surface area (Å²) in [5.74, 6) is -2.42. The Morgan fingerprint density at radius 3 is 2.41 bits per heavy atom. The van der Waals surface area contributed by atoms with Gasteiger partial charge < -0.3 is 4.74 Å². The van der Waals surface area contributed by atoms with Crippen molar-refractivity contribution >= 4 is 17.6 Å². The summed E-state index contributed by atoms with van der Waals surface area (Å²) in [6.07, 6.45) is -4.99. The molecule has 1 aromatic carbocycles. The van der Waals surface area contributed by atoms with Crippen LogP contribution in [0.5, 0.6) is 0 Å². The first kappa shape index (κ1) is 20.6. The van der Waals surface area contributed by atoms with Gasteiger partial charge >= 0.3 is 17.8 Å². The third-order valence-electron chi connectivity index (χ3n) is 3.42. The number of alkyl halides is 4. The van der Waals surface area contributed by atoms with Crippen LogP contribution in [0.4, 0.5) is 22.0 Å². The van der Waals surface area contributed by atoms with E-state index in [1.807, 2.05) is 0 Å². The average molecular weight is 413 g/mol. The highest BCUT2D eigenvalue weighted by atomic mass is 35.5. The molecule has 1 aromatic heterocycles. The van der Waals surface area contributed by atoms with Crippen molar-refractivity contribution in [2.75, 3.05) is 13.3 Å². The zero-order valence-corrected chi connectivity index (χ0v) is 14.2. The smallest absolute Gasteiger partial charge is 0.431 e. The largest absolute Gasteiger partial charge is 0.459 e. The first-order chi connectivity index (χ1) is 12.5. The number of hydrogen-bond acceptors (Lipinski definition) is 4. The van der Waals surface area contributed by atoms with Crippen LogP contribution in [0.25, 0.3) is 5.69 Å². The van der Waals surface area contributed by atoms with Crippen molar-refractivity contribution in [1.82, 2.24) is 9.13 Å². The number of aromatic nitrogens is 2. The highest BCUT2D eigenvalue weighted by Gasteiger charge is 2.35. The molecule has 12 heteroatoms. The highest BCUT2D eigenvalue weighted by Crippen LogP contribution is 2.27. The summed E-state index contributed by atoms with van der Waals surface area (Å²) >= 11 is 5.70. The van der Waals surface area contributed by atoms with E-state index < -0.39 is 64.5 Å². The predicted molar refractivity (Wildman–Crippen MR) is 83.5 cm³/mol. The minimum Gasteiger partial charge on any atom is -0.459 e. The van der Waals surface area contributed by atoms with Crippen LogP contribution in [0.3, 0.4) is 0 Å². The third kappa shape index (κ3) is 4.02. The molecule has 0 unspecified atom stereocenters. The van der Waals surface area contributed by atoms with Gasteiger partial charge in [-0.3, -0.25) is 9.36 Å². The number of carbonyl (C=O) groups is 1. The van der Waals surface area contributed by atoms with Gasteiger partial charge in [0, 0.05) is 13.1 Å². The molecule has 146 valence electrons. The minimum absolute atomic E-state index is 0.104. The van der Waals surface area contributed by atoms with Gasteiger partial charge in [-0.2, -0.15) is 13.2 Å². The number of ether oxygens (including phenoxy) is 1. The first-order valence-corrected chi connectivity index (χ1v) is 7.49. The maximum atomic E-state index is 14.2. The van der Waals surface area contributed by atoms with Crippen LogP contribution in [-0.2, 0) is 18.0 Å². The lowest BCUT2D eigenvalue weighted by Gasteiger charge is -2.15. The van der Waals surface area contributed by atoms with E-state index in [9.17, 15) is 36.3 Å². The van der Waals surface area contributed by atoms with Crippen molar-refractivity contribution in [1.29, 1.82) is 0 Å². The van der Waals surface area contributed by atoms with Crippen LogP contribution in [0, 0.1) is 5.82 Å². The van der Waals surface area contributed by atoms with Gasteiger partial charge in [0.05, 0.1) is 16.3 Å². The fourth-order valence-corrected chi connectivity index (χ4v) is 2.42. The molecule has 2 aromatic rings. The fraction of sp³-hybridized carbons (Fsp3) is 0.267. The molecule has 0 amide bonds. The monoisotopic (exact) mass is 412 g/mol. The summed E-state index contributed by atoms with van der Waals surface area (Å²) in [6.45, 7) is -1.62. The lowest BCUT2D eigenvalue weighted by atomic mass is 10.2. The molecule has 2 rings (SSSR count). The second-order valence-corrected chi connectivity index (χ2v) is 5.56. The average Bonchev–Trinajstić information content (AvgIpc) is 2.56. The number of carbonyl (C=O) groups excluding carboxylic acids is 1. The zero-order valence-electron chi connectivity index (χ0n) is 13.4. The molecule has 0 aliphatic carbocycles. The first-order valence-electron chi connectivity index (χ1n) is 7.11. The van der Waals surface area contributed by atoms with Gasteiger partial charge in [-0.1, -0.05) is 11.6 Å². The maximum Gasteiger partial charge on any atom is 0.431 e. The van der Waals surface area contributed by atoms with Crippen LogP contribution in [0.15, 0.2) is 27.8 Å². The number of nitrogens with zero attached hydrogens (tertiary/aromatic N) is 2. The molecule has 0 spiro atoms. The van der Waals surface area contributed by atoms with Crippen LogP contribution in [0.2, 0.25) is 5.02 Å². The Labute approximate surface area is 152 Å². The second kappa shape index (κ2) is 7.51. The fourth-order valence-electron chi connectivity index (χ4n) is 2.19.